The van der Waals surface area contributed by atoms with Gasteiger partial charge in [0.2, 0.25) is 0 Å². The molecule has 0 aliphatic heterocycles. The van der Waals surface area contributed by atoms with Crippen LogP contribution in [0.4, 0.5) is 11.4 Å². The van der Waals surface area contributed by atoms with Gasteiger partial charge in [0.25, 0.3) is 0 Å². The van der Waals surface area contributed by atoms with Gasteiger partial charge in [-0.15, -0.1) is 0 Å². The first-order valence-corrected chi connectivity index (χ1v) is 13.1. The molecule has 0 saturated heterocycles. The molecule has 0 unspecified atom stereocenters. The molecule has 0 bridgehead atoms. The first-order chi connectivity index (χ1) is 18.4. The van der Waals surface area contributed by atoms with Gasteiger partial charge in [0, 0.05) is 75.0 Å². The first kappa shape index (κ1) is 25.2. The van der Waals surface area contributed by atoms with Crippen molar-refractivity contribution in [3.63, 3.8) is 0 Å². The van der Waals surface area contributed by atoms with Crippen LogP contribution in [0.15, 0.2) is 122 Å². The Morgan fingerprint density at radius 1 is 0.395 bits per heavy atom. The van der Waals surface area contributed by atoms with Crippen molar-refractivity contribution >= 4 is 11.4 Å². The fraction of sp³-hybridized carbons (Fsp3) is 0.176. The van der Waals surface area contributed by atoms with Crippen LogP contribution in [0.3, 0.4) is 0 Å². The Balaban J connectivity index is 1.21. The van der Waals surface area contributed by atoms with Gasteiger partial charge in [0.15, 0.2) is 37.9 Å². The van der Waals surface area contributed by atoms with E-state index in [4.69, 9.17) is 0 Å². The lowest BCUT2D eigenvalue weighted by Crippen LogP contribution is -2.33. The number of rotatable bonds is 8. The van der Waals surface area contributed by atoms with E-state index < -0.39 is 0 Å². The maximum absolute atomic E-state index is 2.22. The van der Waals surface area contributed by atoms with E-state index >= 15 is 0 Å². The van der Waals surface area contributed by atoms with Crippen LogP contribution < -0.4 is 18.9 Å². The third-order valence-electron chi connectivity index (χ3n) is 6.97. The number of pyridine rings is 2. The normalized spacial score (nSPS) is 10.8. The van der Waals surface area contributed by atoms with E-state index in [0.29, 0.717) is 0 Å². The minimum Gasteiger partial charge on any atom is -0.377 e. The van der Waals surface area contributed by atoms with Crippen molar-refractivity contribution < 1.29 is 9.13 Å². The Morgan fingerprint density at radius 3 is 0.921 bits per heavy atom. The van der Waals surface area contributed by atoms with Crippen LogP contribution in [0.2, 0.25) is 0 Å². The van der Waals surface area contributed by atoms with Crippen molar-refractivity contribution in [2.24, 2.45) is 0 Å². The number of benzene rings is 3. The summed E-state index contributed by atoms with van der Waals surface area (Å²) in [6, 6.07) is 35.2. The van der Waals surface area contributed by atoms with Crippen LogP contribution in [-0.2, 0) is 13.1 Å². The molecule has 0 amide bonds. The molecule has 3 aromatic carbocycles. The molecule has 0 aliphatic rings. The molecule has 5 rings (SSSR count). The first-order valence-electron chi connectivity index (χ1n) is 13.1. The zero-order valence-corrected chi connectivity index (χ0v) is 22.8. The van der Waals surface area contributed by atoms with Gasteiger partial charge in [0.05, 0.1) is 0 Å². The number of anilines is 2. The summed E-state index contributed by atoms with van der Waals surface area (Å²) < 4.78 is 4.42. The van der Waals surface area contributed by atoms with Gasteiger partial charge in [0.1, 0.15) is 0 Å². The molecule has 2 aromatic heterocycles. The third-order valence-corrected chi connectivity index (χ3v) is 6.97. The van der Waals surface area contributed by atoms with Crippen molar-refractivity contribution in [2.75, 3.05) is 38.0 Å². The predicted molar refractivity (Wildman–Crippen MR) is 157 cm³/mol. The molecular weight excluding hydrogens is 464 g/mol. The van der Waals surface area contributed by atoms with Gasteiger partial charge >= 0.3 is 0 Å². The Bertz CT molecular complexity index is 1340. The fourth-order valence-corrected chi connectivity index (χ4v) is 4.59. The van der Waals surface area contributed by atoms with E-state index in [-0.39, 0.29) is 0 Å². The zero-order chi connectivity index (χ0) is 26.5. The minimum atomic E-state index is 0.864. The third kappa shape index (κ3) is 6.09. The number of hydrogen-bond donors (Lipinski definition) is 0. The molecule has 5 aromatic rings. The minimum absolute atomic E-state index is 0.864. The largest absolute Gasteiger partial charge is 0.377 e. The number of hydrogen-bond acceptors (Lipinski definition) is 2. The molecular formula is C34H36N4+2. The van der Waals surface area contributed by atoms with Gasteiger partial charge in [-0.25, -0.2) is 9.13 Å². The quantitative estimate of drug-likeness (QED) is 0.249. The lowest BCUT2D eigenvalue weighted by molar-refractivity contribution is -0.688. The second kappa shape index (κ2) is 11.3. The van der Waals surface area contributed by atoms with Crippen LogP contribution >= 0.6 is 0 Å². The molecule has 190 valence electrons. The van der Waals surface area contributed by atoms with E-state index in [9.17, 15) is 0 Å². The van der Waals surface area contributed by atoms with E-state index in [1.54, 1.807) is 0 Å². The number of nitrogens with zero attached hydrogens (tertiary/aromatic N) is 4. The second-order valence-electron chi connectivity index (χ2n) is 10.2. The summed E-state index contributed by atoms with van der Waals surface area (Å²) in [4.78, 5) is 4.23. The topological polar surface area (TPSA) is 14.2 Å². The monoisotopic (exact) mass is 500 g/mol. The summed E-state index contributed by atoms with van der Waals surface area (Å²) in [6.45, 7) is 1.73. The van der Waals surface area contributed by atoms with Gasteiger partial charge < -0.3 is 9.80 Å². The molecule has 4 nitrogen and oxygen atoms in total. The summed E-state index contributed by atoms with van der Waals surface area (Å²) in [7, 11) is 8.25. The standard InChI is InChI=1S/C34H36N4/c1-35(2)33-17-21-37(22-18-33)25-27-5-9-29(10-6-27)31-13-15-32(16-14-31)30-11-7-28(8-12-30)26-38-23-19-34(20-24-38)36(3)4/h5-24H,25-26H2,1-4H3/q+2. The van der Waals surface area contributed by atoms with Crippen LogP contribution in [0.1, 0.15) is 11.1 Å². The second-order valence-corrected chi connectivity index (χ2v) is 10.2. The molecule has 0 spiro atoms. The zero-order valence-electron chi connectivity index (χ0n) is 22.8. The Morgan fingerprint density at radius 2 is 0.658 bits per heavy atom. The maximum Gasteiger partial charge on any atom is 0.173 e. The summed E-state index contributed by atoms with van der Waals surface area (Å²) in [6.07, 6.45) is 8.54. The van der Waals surface area contributed by atoms with E-state index in [0.717, 1.165) is 13.1 Å². The lowest BCUT2D eigenvalue weighted by atomic mass is 9.99. The predicted octanol–water partition coefficient (Wildman–Crippen LogP) is 5.82. The highest BCUT2D eigenvalue weighted by atomic mass is 15.1. The summed E-state index contributed by atoms with van der Waals surface area (Å²) in [5, 5.41) is 0. The highest BCUT2D eigenvalue weighted by Crippen LogP contribution is 2.25. The highest BCUT2D eigenvalue weighted by Gasteiger charge is 2.07. The molecule has 2 heterocycles. The Labute approximate surface area is 226 Å². The van der Waals surface area contributed by atoms with Crippen LogP contribution in [-0.4, -0.2) is 28.2 Å². The van der Waals surface area contributed by atoms with Gasteiger partial charge in [-0.3, -0.25) is 0 Å². The van der Waals surface area contributed by atoms with Crippen molar-refractivity contribution in [3.05, 3.63) is 133 Å². The fourth-order valence-electron chi connectivity index (χ4n) is 4.59. The molecule has 4 heteroatoms. The van der Waals surface area contributed by atoms with Crippen LogP contribution in [0.5, 0.6) is 0 Å². The molecule has 0 radical (unpaired) electrons. The average molecular weight is 501 g/mol. The van der Waals surface area contributed by atoms with E-state index in [1.165, 1.54) is 44.8 Å². The summed E-state index contributed by atoms with van der Waals surface area (Å²) in [5.74, 6) is 0. The number of aromatic nitrogens is 2. The Kier molecular flexibility index (Phi) is 7.50. The molecule has 0 saturated carbocycles. The molecule has 0 atom stereocenters. The highest BCUT2D eigenvalue weighted by molar-refractivity contribution is 5.70. The maximum atomic E-state index is 2.22. The Hall–Kier alpha value is -4.44. The van der Waals surface area contributed by atoms with E-state index in [2.05, 4.69) is 169 Å². The summed E-state index contributed by atoms with van der Waals surface area (Å²) in [5.41, 5.74) is 9.94. The van der Waals surface area contributed by atoms with Crippen molar-refractivity contribution in [1.29, 1.82) is 0 Å². The smallest absolute Gasteiger partial charge is 0.173 e. The molecule has 38 heavy (non-hydrogen) atoms. The van der Waals surface area contributed by atoms with Gasteiger partial charge in [-0.05, 0) is 22.3 Å². The van der Waals surface area contributed by atoms with Crippen molar-refractivity contribution in [3.8, 4) is 22.3 Å². The van der Waals surface area contributed by atoms with Crippen LogP contribution in [0, 0.1) is 0 Å². The average Bonchev–Trinajstić information content (AvgIpc) is 2.95. The SMILES string of the molecule is CN(C)c1cc[n+](Cc2ccc(-c3ccc(-c4ccc(C[n+]5ccc(N(C)C)cc5)cc4)cc3)cc2)cc1. The van der Waals surface area contributed by atoms with E-state index in [1.807, 2.05) is 0 Å². The van der Waals surface area contributed by atoms with Crippen molar-refractivity contribution in [2.45, 2.75) is 13.1 Å². The van der Waals surface area contributed by atoms with Gasteiger partial charge in [-0.2, -0.15) is 0 Å². The van der Waals surface area contributed by atoms with Crippen LogP contribution in [0.25, 0.3) is 22.3 Å². The lowest BCUT2D eigenvalue weighted by Gasteiger charge is -2.10. The van der Waals surface area contributed by atoms with Gasteiger partial charge in [-0.1, -0.05) is 72.8 Å². The molecule has 0 fully saturated rings. The summed E-state index contributed by atoms with van der Waals surface area (Å²) >= 11 is 0. The molecule has 0 aliphatic carbocycles. The molecule has 0 N–H and O–H groups in total. The van der Waals surface area contributed by atoms with Crippen molar-refractivity contribution in [1.82, 2.24) is 0 Å².